The zero-order chi connectivity index (χ0) is 12.1. The minimum Gasteiger partial charge on any atom is -0.338 e. The van der Waals surface area contributed by atoms with Gasteiger partial charge in [-0.05, 0) is 18.2 Å². The van der Waals surface area contributed by atoms with Crippen LogP contribution in [0.5, 0.6) is 0 Å². The Morgan fingerprint density at radius 2 is 1.88 bits per heavy atom. The molecule has 0 aliphatic carbocycles. The fourth-order valence-corrected chi connectivity index (χ4v) is 1.31. The van der Waals surface area contributed by atoms with Gasteiger partial charge in [-0.25, -0.2) is 9.97 Å². The van der Waals surface area contributed by atoms with E-state index in [0.29, 0.717) is 17.1 Å². The molecule has 2 rings (SSSR count). The number of aromatic nitrogens is 2. The lowest BCUT2D eigenvalue weighted by Gasteiger charge is -2.05. The van der Waals surface area contributed by atoms with Crippen molar-refractivity contribution >= 4 is 11.5 Å². The van der Waals surface area contributed by atoms with Crippen LogP contribution in [0.2, 0.25) is 0 Å². The van der Waals surface area contributed by atoms with Crippen molar-refractivity contribution in [3.05, 3.63) is 47.9 Å². The van der Waals surface area contributed by atoms with Gasteiger partial charge >= 0.3 is 0 Å². The molecule has 0 saturated carbocycles. The quantitative estimate of drug-likeness (QED) is 0.837. The first kappa shape index (κ1) is 10.6. The van der Waals surface area contributed by atoms with E-state index in [1.807, 2.05) is 12.1 Å². The van der Waals surface area contributed by atoms with Gasteiger partial charge in [-0.2, -0.15) is 10.5 Å². The highest BCUT2D eigenvalue weighted by Crippen LogP contribution is 2.17. The van der Waals surface area contributed by atoms with Gasteiger partial charge in [-0.1, -0.05) is 6.07 Å². The molecule has 0 atom stereocenters. The van der Waals surface area contributed by atoms with Crippen molar-refractivity contribution in [2.24, 2.45) is 0 Å². The average Bonchev–Trinajstić information content (AvgIpc) is 2.39. The minimum absolute atomic E-state index is 0.217. The zero-order valence-corrected chi connectivity index (χ0v) is 8.75. The van der Waals surface area contributed by atoms with E-state index < -0.39 is 0 Å². The van der Waals surface area contributed by atoms with Crippen LogP contribution in [0.3, 0.4) is 0 Å². The predicted molar refractivity (Wildman–Crippen MR) is 61.2 cm³/mol. The second-order valence-corrected chi connectivity index (χ2v) is 3.18. The van der Waals surface area contributed by atoms with Crippen LogP contribution in [0.4, 0.5) is 11.5 Å². The smallest absolute Gasteiger partial charge is 0.183 e. The summed E-state index contributed by atoms with van der Waals surface area (Å²) in [5, 5.41) is 20.6. The average molecular weight is 221 g/mol. The molecule has 17 heavy (non-hydrogen) atoms. The molecular weight excluding hydrogens is 214 g/mol. The Morgan fingerprint density at radius 1 is 1.06 bits per heavy atom. The van der Waals surface area contributed by atoms with Gasteiger partial charge in [0.05, 0.1) is 11.6 Å². The Balaban J connectivity index is 2.32. The topological polar surface area (TPSA) is 85.4 Å². The molecule has 5 nitrogen and oxygen atoms in total. The molecule has 1 N–H and O–H groups in total. The third-order valence-electron chi connectivity index (χ3n) is 2.06. The number of benzene rings is 1. The maximum absolute atomic E-state index is 8.85. The Hall–Kier alpha value is -2.92. The van der Waals surface area contributed by atoms with Crippen LogP contribution in [0.25, 0.3) is 0 Å². The number of hydrogen-bond donors (Lipinski definition) is 1. The van der Waals surface area contributed by atoms with Gasteiger partial charge in [0.2, 0.25) is 0 Å². The van der Waals surface area contributed by atoms with Gasteiger partial charge in [-0.15, -0.1) is 0 Å². The second kappa shape index (κ2) is 4.73. The van der Waals surface area contributed by atoms with Crippen molar-refractivity contribution in [3.8, 4) is 12.1 Å². The molecule has 0 aliphatic heterocycles. The third kappa shape index (κ3) is 2.36. The first-order chi connectivity index (χ1) is 8.33. The molecule has 5 heteroatoms. The number of hydrogen-bond acceptors (Lipinski definition) is 5. The van der Waals surface area contributed by atoms with E-state index in [0.717, 1.165) is 0 Å². The van der Waals surface area contributed by atoms with Crippen molar-refractivity contribution in [2.45, 2.75) is 0 Å². The standard InChI is InChI=1S/C12H7N5/c13-7-9-2-1-3-10(6-9)17-12-11(8-14)15-4-5-16-12/h1-6H,(H,16,17). The summed E-state index contributed by atoms with van der Waals surface area (Å²) < 4.78 is 0. The summed E-state index contributed by atoms with van der Waals surface area (Å²) in [6.07, 6.45) is 2.95. The summed E-state index contributed by atoms with van der Waals surface area (Å²) in [5.74, 6) is 0.380. The first-order valence-electron chi connectivity index (χ1n) is 4.82. The molecular formula is C12H7N5. The largest absolute Gasteiger partial charge is 0.338 e. The van der Waals surface area contributed by atoms with Gasteiger partial charge < -0.3 is 5.32 Å². The maximum Gasteiger partial charge on any atom is 0.183 e. The van der Waals surface area contributed by atoms with E-state index in [-0.39, 0.29) is 5.69 Å². The lowest BCUT2D eigenvalue weighted by atomic mass is 10.2. The van der Waals surface area contributed by atoms with Crippen molar-refractivity contribution in [2.75, 3.05) is 5.32 Å². The minimum atomic E-state index is 0.217. The molecule has 0 fully saturated rings. The summed E-state index contributed by atoms with van der Waals surface area (Å²) in [4.78, 5) is 7.91. The fourth-order valence-electron chi connectivity index (χ4n) is 1.31. The van der Waals surface area contributed by atoms with E-state index in [1.54, 1.807) is 24.3 Å². The highest BCUT2D eigenvalue weighted by molar-refractivity contribution is 5.61. The Bertz CT molecular complexity index is 621. The van der Waals surface area contributed by atoms with E-state index in [2.05, 4.69) is 15.3 Å². The number of anilines is 2. The summed E-state index contributed by atoms with van der Waals surface area (Å²) in [6, 6.07) is 10.9. The number of nitrogens with one attached hydrogen (secondary N) is 1. The summed E-state index contributed by atoms with van der Waals surface area (Å²) in [5.41, 5.74) is 1.45. The predicted octanol–water partition coefficient (Wildman–Crippen LogP) is 1.96. The van der Waals surface area contributed by atoms with E-state index in [4.69, 9.17) is 10.5 Å². The van der Waals surface area contributed by atoms with Crippen molar-refractivity contribution in [3.63, 3.8) is 0 Å². The zero-order valence-electron chi connectivity index (χ0n) is 8.75. The Labute approximate surface area is 98.0 Å². The summed E-state index contributed by atoms with van der Waals surface area (Å²) in [6.45, 7) is 0. The van der Waals surface area contributed by atoms with Crippen LogP contribution in [0.1, 0.15) is 11.3 Å². The van der Waals surface area contributed by atoms with Gasteiger partial charge in [0, 0.05) is 18.1 Å². The molecule has 0 aliphatic rings. The van der Waals surface area contributed by atoms with E-state index in [9.17, 15) is 0 Å². The lowest BCUT2D eigenvalue weighted by Crippen LogP contribution is -1.98. The maximum atomic E-state index is 8.85. The van der Waals surface area contributed by atoms with Crippen molar-refractivity contribution in [1.82, 2.24) is 9.97 Å². The monoisotopic (exact) mass is 221 g/mol. The molecule has 2 aromatic rings. The number of nitrogens with zero attached hydrogens (tertiary/aromatic N) is 4. The van der Waals surface area contributed by atoms with Crippen LogP contribution < -0.4 is 5.32 Å². The van der Waals surface area contributed by atoms with Gasteiger partial charge in [0.1, 0.15) is 6.07 Å². The fraction of sp³-hybridized carbons (Fsp3) is 0. The molecule has 80 valence electrons. The van der Waals surface area contributed by atoms with Crippen molar-refractivity contribution in [1.29, 1.82) is 10.5 Å². The van der Waals surface area contributed by atoms with Crippen LogP contribution in [-0.2, 0) is 0 Å². The third-order valence-corrected chi connectivity index (χ3v) is 2.06. The Morgan fingerprint density at radius 3 is 2.65 bits per heavy atom. The van der Waals surface area contributed by atoms with E-state index in [1.165, 1.54) is 12.4 Å². The van der Waals surface area contributed by atoms with Gasteiger partial charge in [-0.3, -0.25) is 0 Å². The molecule has 0 unspecified atom stereocenters. The molecule has 0 radical (unpaired) electrons. The van der Waals surface area contributed by atoms with Gasteiger partial charge in [0.15, 0.2) is 11.5 Å². The SMILES string of the molecule is N#Cc1cccc(Nc2nccnc2C#N)c1. The molecule has 1 aromatic carbocycles. The normalized spacial score (nSPS) is 9.06. The number of nitriles is 2. The molecule has 0 bridgehead atoms. The highest BCUT2D eigenvalue weighted by atomic mass is 15.0. The highest BCUT2D eigenvalue weighted by Gasteiger charge is 2.04. The van der Waals surface area contributed by atoms with Gasteiger partial charge in [0.25, 0.3) is 0 Å². The lowest BCUT2D eigenvalue weighted by molar-refractivity contribution is 1.16. The molecule has 0 amide bonds. The Kier molecular flexibility index (Phi) is 2.95. The van der Waals surface area contributed by atoms with Crippen molar-refractivity contribution < 1.29 is 0 Å². The van der Waals surface area contributed by atoms with E-state index >= 15 is 0 Å². The summed E-state index contributed by atoms with van der Waals surface area (Å²) >= 11 is 0. The molecule has 1 heterocycles. The molecule has 0 spiro atoms. The summed E-state index contributed by atoms with van der Waals surface area (Å²) in [7, 11) is 0. The van der Waals surface area contributed by atoms with Crippen LogP contribution in [0, 0.1) is 22.7 Å². The second-order valence-electron chi connectivity index (χ2n) is 3.18. The van der Waals surface area contributed by atoms with Crippen LogP contribution >= 0.6 is 0 Å². The number of rotatable bonds is 2. The first-order valence-corrected chi connectivity index (χ1v) is 4.82. The van der Waals surface area contributed by atoms with Crippen LogP contribution in [0.15, 0.2) is 36.7 Å². The molecule has 0 saturated heterocycles. The van der Waals surface area contributed by atoms with Crippen LogP contribution in [-0.4, -0.2) is 9.97 Å². The molecule has 1 aromatic heterocycles.